The Morgan fingerprint density at radius 2 is 1.54 bits per heavy atom. The molecule has 3 N–H and O–H groups in total. The molecule has 0 radical (unpaired) electrons. The summed E-state index contributed by atoms with van der Waals surface area (Å²) >= 11 is 0. The Morgan fingerprint density at radius 1 is 0.946 bits per heavy atom. The number of nitrogens with two attached hydrogens (primary N) is 1. The molecule has 0 saturated carbocycles. The van der Waals surface area contributed by atoms with E-state index in [-0.39, 0.29) is 42.4 Å². The van der Waals surface area contributed by atoms with Crippen molar-refractivity contribution >= 4 is 17.6 Å². The van der Waals surface area contributed by atoms with Crippen LogP contribution >= 0.6 is 0 Å². The van der Waals surface area contributed by atoms with E-state index in [2.05, 4.69) is 5.32 Å². The van der Waals surface area contributed by atoms with Gasteiger partial charge in [0.25, 0.3) is 0 Å². The Bertz CT molecular complexity index is 1170. The summed E-state index contributed by atoms with van der Waals surface area (Å²) in [4.78, 5) is 29.2. The van der Waals surface area contributed by atoms with Crippen molar-refractivity contribution in [1.82, 2.24) is 9.80 Å². The van der Waals surface area contributed by atoms with Crippen molar-refractivity contribution in [3.63, 3.8) is 0 Å². The second-order valence-corrected chi connectivity index (χ2v) is 9.11. The van der Waals surface area contributed by atoms with Crippen molar-refractivity contribution < 1.29 is 37.0 Å². The topological polar surface area (TPSA) is 106 Å². The summed E-state index contributed by atoms with van der Waals surface area (Å²) in [6.07, 6.45) is 0.431. The number of urea groups is 1. The normalized spacial score (nSPS) is 19.1. The van der Waals surface area contributed by atoms with Crippen molar-refractivity contribution in [3.05, 3.63) is 47.3 Å². The Labute approximate surface area is 212 Å². The fourth-order valence-corrected chi connectivity index (χ4v) is 4.99. The number of hydrogen-bond donors (Lipinski definition) is 2. The van der Waals surface area contributed by atoms with Crippen LogP contribution in [0.2, 0.25) is 0 Å². The number of anilines is 1. The molecule has 2 fully saturated rings. The van der Waals surface area contributed by atoms with E-state index in [9.17, 15) is 22.8 Å². The molecule has 2 aromatic rings. The molecule has 12 heteroatoms. The number of methoxy groups -OCH3 is 3. The zero-order valence-electron chi connectivity index (χ0n) is 20.7. The molecule has 4 rings (SSSR count). The van der Waals surface area contributed by atoms with E-state index in [1.54, 1.807) is 21.9 Å². The van der Waals surface area contributed by atoms with E-state index in [0.29, 0.717) is 48.5 Å². The minimum absolute atomic E-state index is 0.0840. The first-order valence-corrected chi connectivity index (χ1v) is 11.7. The lowest BCUT2D eigenvalue weighted by molar-refractivity contribution is -0.133. The van der Waals surface area contributed by atoms with Crippen LogP contribution in [-0.2, 0) is 11.2 Å². The van der Waals surface area contributed by atoms with Crippen LogP contribution in [0, 0.1) is 17.5 Å². The summed E-state index contributed by atoms with van der Waals surface area (Å²) in [5.41, 5.74) is 6.40. The molecule has 9 nitrogen and oxygen atoms in total. The number of benzene rings is 2. The molecule has 3 atom stereocenters. The number of amides is 3. The number of ether oxygens (including phenoxy) is 3. The molecule has 2 aliphatic heterocycles. The number of carbonyl (C=O) groups is 2. The summed E-state index contributed by atoms with van der Waals surface area (Å²) in [7, 11) is 4.45. The number of halogens is 3. The molecule has 200 valence electrons. The van der Waals surface area contributed by atoms with Gasteiger partial charge in [0.1, 0.15) is 5.82 Å². The van der Waals surface area contributed by atoms with Gasteiger partial charge in [-0.15, -0.1) is 0 Å². The van der Waals surface area contributed by atoms with Crippen molar-refractivity contribution in [1.29, 1.82) is 0 Å². The fraction of sp³-hybridized carbons (Fsp3) is 0.440. The molecule has 2 bridgehead atoms. The Hall–Kier alpha value is -3.67. The third-order valence-corrected chi connectivity index (χ3v) is 6.75. The Balaban J connectivity index is 1.34. The molecule has 37 heavy (non-hydrogen) atoms. The van der Waals surface area contributed by atoms with Crippen molar-refractivity contribution in [2.75, 3.05) is 39.7 Å². The van der Waals surface area contributed by atoms with Gasteiger partial charge in [-0.2, -0.15) is 0 Å². The average Bonchev–Trinajstić information content (AvgIpc) is 3.48. The highest BCUT2D eigenvalue weighted by Crippen LogP contribution is 2.40. The van der Waals surface area contributed by atoms with Gasteiger partial charge in [0.2, 0.25) is 11.7 Å². The van der Waals surface area contributed by atoms with E-state index < -0.39 is 23.5 Å². The molecule has 0 unspecified atom stereocenters. The molecule has 0 aliphatic carbocycles. The summed E-state index contributed by atoms with van der Waals surface area (Å²) in [6.45, 7) is 0.693. The first-order valence-electron chi connectivity index (χ1n) is 11.7. The summed E-state index contributed by atoms with van der Waals surface area (Å²) in [5, 5.41) is 2.84. The minimum atomic E-state index is -1.28. The lowest BCUT2D eigenvalue weighted by Crippen LogP contribution is -2.52. The van der Waals surface area contributed by atoms with Gasteiger partial charge in [-0.1, -0.05) is 0 Å². The number of carbonyl (C=O) groups excluding carboxylic acids is 2. The van der Waals surface area contributed by atoms with Gasteiger partial charge in [0, 0.05) is 43.8 Å². The molecular formula is C25H29F3N4O5. The maximum atomic E-state index is 13.9. The van der Waals surface area contributed by atoms with E-state index in [0.717, 1.165) is 6.07 Å². The molecule has 2 saturated heterocycles. The van der Waals surface area contributed by atoms with Gasteiger partial charge in [0.15, 0.2) is 23.1 Å². The van der Waals surface area contributed by atoms with Gasteiger partial charge in [-0.05, 0) is 24.5 Å². The first-order chi connectivity index (χ1) is 17.6. The van der Waals surface area contributed by atoms with Gasteiger partial charge in [-0.3, -0.25) is 4.79 Å². The molecule has 0 spiro atoms. The van der Waals surface area contributed by atoms with E-state index in [4.69, 9.17) is 19.9 Å². The molecular weight excluding hydrogens is 493 g/mol. The van der Waals surface area contributed by atoms with Crippen LogP contribution in [0.15, 0.2) is 24.3 Å². The SMILES string of the molecule is COc1cc(NC(=O)N2C[C@@H]3C[C@@H]2CN3C(=O)C[C@H](N)Cc2cc(F)c(F)cc2F)cc(OC)c1OC. The molecule has 0 aromatic heterocycles. The maximum Gasteiger partial charge on any atom is 0.322 e. The van der Waals surface area contributed by atoms with Crippen molar-refractivity contribution in [2.45, 2.75) is 37.4 Å². The second-order valence-electron chi connectivity index (χ2n) is 9.11. The van der Waals surface area contributed by atoms with Crippen molar-refractivity contribution in [3.8, 4) is 17.2 Å². The summed E-state index contributed by atoms with van der Waals surface area (Å²) in [6, 6.07) is 3.05. The van der Waals surface area contributed by atoms with Crippen LogP contribution in [0.3, 0.4) is 0 Å². The molecule has 3 amide bonds. The predicted octanol–water partition coefficient (Wildman–Crippen LogP) is 2.91. The van der Waals surface area contributed by atoms with E-state index in [1.807, 2.05) is 0 Å². The predicted molar refractivity (Wildman–Crippen MR) is 128 cm³/mol. The summed E-state index contributed by atoms with van der Waals surface area (Å²) < 4.78 is 56.5. The van der Waals surface area contributed by atoms with Crippen LogP contribution in [0.5, 0.6) is 17.2 Å². The number of piperazine rings is 1. The summed E-state index contributed by atoms with van der Waals surface area (Å²) in [5.74, 6) is -2.38. The highest BCUT2D eigenvalue weighted by molar-refractivity contribution is 5.91. The number of hydrogen-bond acceptors (Lipinski definition) is 6. The Morgan fingerprint density at radius 3 is 2.11 bits per heavy atom. The number of nitrogens with zero attached hydrogens (tertiary/aromatic N) is 2. The third kappa shape index (κ3) is 5.38. The monoisotopic (exact) mass is 522 g/mol. The Kier molecular flexibility index (Phi) is 7.67. The van der Waals surface area contributed by atoms with Crippen LogP contribution in [0.25, 0.3) is 0 Å². The largest absolute Gasteiger partial charge is 0.493 e. The van der Waals surface area contributed by atoms with Gasteiger partial charge < -0.3 is 35.1 Å². The minimum Gasteiger partial charge on any atom is -0.493 e. The lowest BCUT2D eigenvalue weighted by Gasteiger charge is -2.34. The zero-order chi connectivity index (χ0) is 26.9. The third-order valence-electron chi connectivity index (χ3n) is 6.75. The van der Waals surface area contributed by atoms with Crippen LogP contribution < -0.4 is 25.3 Å². The average molecular weight is 523 g/mol. The van der Waals surface area contributed by atoms with E-state index in [1.165, 1.54) is 21.3 Å². The van der Waals surface area contributed by atoms with Crippen molar-refractivity contribution in [2.24, 2.45) is 5.73 Å². The van der Waals surface area contributed by atoms with Gasteiger partial charge >= 0.3 is 6.03 Å². The molecule has 2 aromatic carbocycles. The quantitative estimate of drug-likeness (QED) is 0.517. The number of fused-ring (bicyclic) bond motifs is 2. The second kappa shape index (κ2) is 10.8. The van der Waals surface area contributed by atoms with Gasteiger partial charge in [0.05, 0.1) is 39.1 Å². The highest BCUT2D eigenvalue weighted by Gasteiger charge is 2.47. The zero-order valence-corrected chi connectivity index (χ0v) is 20.7. The maximum absolute atomic E-state index is 13.9. The van der Waals surface area contributed by atoms with Crippen LogP contribution in [0.4, 0.5) is 23.7 Å². The smallest absolute Gasteiger partial charge is 0.322 e. The number of nitrogens with one attached hydrogen (secondary N) is 1. The van der Waals surface area contributed by atoms with E-state index >= 15 is 0 Å². The number of rotatable bonds is 8. The van der Waals surface area contributed by atoms with Crippen LogP contribution in [0.1, 0.15) is 18.4 Å². The first kappa shape index (κ1) is 26.4. The fourth-order valence-electron chi connectivity index (χ4n) is 4.99. The lowest BCUT2D eigenvalue weighted by atomic mass is 10.0. The standard InChI is InChI=1S/C25H29F3N4O5/c1-35-21-7-15(8-22(36-2)24(21)37-3)30-25(34)32-12-16-9-17(32)11-31(16)23(33)6-14(29)4-13-5-19(27)20(28)10-18(13)26/h5,7-8,10,14,16-17H,4,6,9,11-12,29H2,1-3H3,(H,30,34)/t14-,16+,17-/m1/s1. The molecule has 2 heterocycles. The molecule has 2 aliphatic rings. The van der Waals surface area contributed by atoms with Gasteiger partial charge in [-0.25, -0.2) is 18.0 Å². The number of likely N-dealkylation sites (tertiary alicyclic amines) is 2. The van der Waals surface area contributed by atoms with Crippen LogP contribution in [-0.4, -0.2) is 74.3 Å². The highest BCUT2D eigenvalue weighted by atomic mass is 19.2.